The monoisotopic (exact) mass is 595 g/mol. The molecule has 0 spiro atoms. The Morgan fingerprint density at radius 1 is 1.13 bits per heavy atom. The number of ether oxygens (including phenoxy) is 3. The molecule has 2 aromatic rings. The summed E-state index contributed by atoms with van der Waals surface area (Å²) in [6.07, 6.45) is -0.189. The summed E-state index contributed by atoms with van der Waals surface area (Å²) in [5.41, 5.74) is -0.752. The molecule has 1 amide bonds. The number of carbonyl (C=O) groups is 1. The maximum absolute atomic E-state index is 13.0. The van der Waals surface area contributed by atoms with E-state index in [0.717, 1.165) is 25.7 Å². The Morgan fingerprint density at radius 2 is 1.85 bits per heavy atom. The van der Waals surface area contributed by atoms with E-state index in [1.165, 1.54) is 19.2 Å². The van der Waals surface area contributed by atoms with E-state index >= 15 is 0 Å². The van der Waals surface area contributed by atoms with E-state index in [9.17, 15) is 26.4 Å². The molecule has 2 N–H and O–H groups in total. The maximum Gasteiger partial charge on any atom is 0.423 e. The van der Waals surface area contributed by atoms with Crippen LogP contribution in [0.5, 0.6) is 17.4 Å². The average Bonchev–Trinajstić information content (AvgIpc) is 3.12. The molecule has 15 heteroatoms. The predicted octanol–water partition coefficient (Wildman–Crippen LogP) is 5.35. The number of halogens is 4. The third-order valence-electron chi connectivity index (χ3n) is 5.71. The van der Waals surface area contributed by atoms with Crippen molar-refractivity contribution in [3.05, 3.63) is 46.6 Å². The van der Waals surface area contributed by atoms with Crippen LogP contribution in [0.15, 0.2) is 30.5 Å². The SMILES string of the molecule is COCCOc1ccc(CNC(=O)OS(=O)(=O)NC2CCCCCC2)c(Oc2ncc(C(F)(F)F)cc2Cl)c1. The normalized spacial score (nSPS) is 14.9. The molecular formula is C24H29ClF3N3O7S. The van der Waals surface area contributed by atoms with Crippen molar-refractivity contribution in [2.24, 2.45) is 0 Å². The van der Waals surface area contributed by atoms with E-state index in [1.807, 2.05) is 0 Å². The fourth-order valence-corrected chi connectivity index (χ4v) is 4.95. The molecule has 216 valence electrons. The van der Waals surface area contributed by atoms with Crippen molar-refractivity contribution in [2.45, 2.75) is 57.3 Å². The first kappa shape index (κ1) is 30.7. The number of nitrogens with zero attached hydrogens (tertiary/aromatic N) is 1. The van der Waals surface area contributed by atoms with E-state index in [4.69, 9.17) is 25.8 Å². The molecule has 0 atom stereocenters. The number of hydrogen-bond acceptors (Lipinski definition) is 8. The van der Waals surface area contributed by atoms with E-state index in [-0.39, 0.29) is 30.8 Å². The highest BCUT2D eigenvalue weighted by Gasteiger charge is 2.32. The molecule has 1 aliphatic rings. The lowest BCUT2D eigenvalue weighted by molar-refractivity contribution is -0.137. The molecule has 0 radical (unpaired) electrons. The van der Waals surface area contributed by atoms with Crippen LogP contribution in [0.1, 0.15) is 49.7 Å². The Kier molecular flexibility index (Phi) is 11.0. The lowest BCUT2D eigenvalue weighted by Gasteiger charge is -2.17. The highest BCUT2D eigenvalue weighted by atomic mass is 35.5. The number of nitrogens with one attached hydrogen (secondary N) is 2. The van der Waals surface area contributed by atoms with Crippen LogP contribution < -0.4 is 19.5 Å². The van der Waals surface area contributed by atoms with Crippen molar-refractivity contribution in [1.82, 2.24) is 15.0 Å². The van der Waals surface area contributed by atoms with Crippen LogP contribution in [0.3, 0.4) is 0 Å². The number of alkyl halides is 3. The minimum absolute atomic E-state index is 0.0406. The van der Waals surface area contributed by atoms with Gasteiger partial charge in [-0.3, -0.25) is 0 Å². The smallest absolute Gasteiger partial charge is 0.423 e. The quantitative estimate of drug-likeness (QED) is 0.263. The molecule has 1 heterocycles. The largest absolute Gasteiger partial charge is 0.491 e. The lowest BCUT2D eigenvalue weighted by Crippen LogP contribution is -2.39. The first-order valence-electron chi connectivity index (χ1n) is 12.1. The number of hydrogen-bond donors (Lipinski definition) is 2. The molecule has 0 bridgehead atoms. The van der Waals surface area contributed by atoms with E-state index in [1.54, 1.807) is 6.07 Å². The summed E-state index contributed by atoms with van der Waals surface area (Å²) in [5, 5.41) is 1.92. The fraction of sp³-hybridized carbons (Fsp3) is 0.500. The number of rotatable bonds is 11. The number of aromatic nitrogens is 1. The molecule has 1 aliphatic carbocycles. The fourth-order valence-electron chi connectivity index (χ4n) is 3.79. The molecule has 0 aliphatic heterocycles. The Labute approximate surface area is 229 Å². The van der Waals surface area contributed by atoms with Crippen LogP contribution in [-0.4, -0.2) is 45.9 Å². The highest BCUT2D eigenvalue weighted by Crippen LogP contribution is 2.36. The number of benzene rings is 1. The minimum Gasteiger partial charge on any atom is -0.491 e. The number of pyridine rings is 1. The predicted molar refractivity (Wildman–Crippen MR) is 135 cm³/mol. The van der Waals surface area contributed by atoms with Gasteiger partial charge in [-0.15, -0.1) is 0 Å². The summed E-state index contributed by atoms with van der Waals surface area (Å²) < 4.78 is 86.6. The summed E-state index contributed by atoms with van der Waals surface area (Å²) in [5.74, 6) is 0.0446. The minimum atomic E-state index is -4.65. The van der Waals surface area contributed by atoms with Gasteiger partial charge in [0.25, 0.3) is 0 Å². The van der Waals surface area contributed by atoms with Gasteiger partial charge >= 0.3 is 22.6 Å². The summed E-state index contributed by atoms with van der Waals surface area (Å²) in [7, 11) is -2.85. The Balaban J connectivity index is 1.71. The van der Waals surface area contributed by atoms with Crippen LogP contribution in [0.25, 0.3) is 0 Å². The third kappa shape index (κ3) is 10.0. The standard InChI is InChI=1S/C24H29ClF3N3O7S/c1-35-10-11-36-19-9-8-16(21(13-19)37-22-20(25)12-17(15-29-22)24(26,27)28)14-30-23(32)38-39(33,34)31-18-6-4-2-3-5-7-18/h8-9,12-13,15,18,31H,2-7,10-11,14H2,1H3,(H,30,32). The summed E-state index contributed by atoms with van der Waals surface area (Å²) in [6.45, 7) is 0.232. The zero-order valence-electron chi connectivity index (χ0n) is 21.1. The summed E-state index contributed by atoms with van der Waals surface area (Å²) >= 11 is 5.97. The number of methoxy groups -OCH3 is 1. The van der Waals surface area contributed by atoms with Gasteiger partial charge in [0, 0.05) is 37.5 Å². The van der Waals surface area contributed by atoms with Crippen LogP contribution in [0.4, 0.5) is 18.0 Å². The molecule has 0 saturated heterocycles. The van der Waals surface area contributed by atoms with Crippen LogP contribution in [0, 0.1) is 0 Å². The second-order valence-electron chi connectivity index (χ2n) is 8.71. The van der Waals surface area contributed by atoms with Gasteiger partial charge in [-0.1, -0.05) is 37.3 Å². The second kappa shape index (κ2) is 14.0. The Hall–Kier alpha value is -2.81. The summed E-state index contributed by atoms with van der Waals surface area (Å²) in [4.78, 5) is 15.9. The van der Waals surface area contributed by atoms with Gasteiger partial charge in [0.1, 0.15) is 23.1 Å². The van der Waals surface area contributed by atoms with Gasteiger partial charge in [0.05, 0.1) is 12.2 Å². The molecule has 1 fully saturated rings. The van der Waals surface area contributed by atoms with Crippen molar-refractivity contribution in [2.75, 3.05) is 20.3 Å². The van der Waals surface area contributed by atoms with Crippen molar-refractivity contribution in [3.8, 4) is 17.4 Å². The van der Waals surface area contributed by atoms with Crippen molar-refractivity contribution in [3.63, 3.8) is 0 Å². The molecule has 3 rings (SSSR count). The third-order valence-corrected chi connectivity index (χ3v) is 6.97. The molecule has 1 saturated carbocycles. The molecule has 1 aromatic heterocycles. The van der Waals surface area contributed by atoms with Gasteiger partial charge in [-0.25, -0.2) is 9.78 Å². The van der Waals surface area contributed by atoms with Gasteiger partial charge < -0.3 is 23.7 Å². The van der Waals surface area contributed by atoms with Crippen molar-refractivity contribution in [1.29, 1.82) is 0 Å². The zero-order valence-corrected chi connectivity index (χ0v) is 22.6. The molecule has 39 heavy (non-hydrogen) atoms. The molecule has 1 aromatic carbocycles. The van der Waals surface area contributed by atoms with Crippen molar-refractivity contribution >= 4 is 28.0 Å². The zero-order chi connectivity index (χ0) is 28.5. The van der Waals surface area contributed by atoms with Crippen LogP contribution in [0.2, 0.25) is 5.02 Å². The first-order chi connectivity index (χ1) is 18.5. The van der Waals surface area contributed by atoms with E-state index < -0.39 is 33.2 Å². The first-order valence-corrected chi connectivity index (χ1v) is 13.9. The van der Waals surface area contributed by atoms with Gasteiger partial charge in [0.15, 0.2) is 0 Å². The van der Waals surface area contributed by atoms with Crippen LogP contribution >= 0.6 is 11.6 Å². The van der Waals surface area contributed by atoms with E-state index in [0.29, 0.717) is 43.0 Å². The Morgan fingerprint density at radius 3 is 2.49 bits per heavy atom. The van der Waals surface area contributed by atoms with Gasteiger partial charge in [0.2, 0.25) is 5.88 Å². The number of carbonyl (C=O) groups excluding carboxylic acids is 1. The molecular weight excluding hydrogens is 567 g/mol. The van der Waals surface area contributed by atoms with E-state index in [2.05, 4.69) is 19.2 Å². The average molecular weight is 596 g/mol. The summed E-state index contributed by atoms with van der Waals surface area (Å²) in [6, 6.07) is 4.84. The van der Waals surface area contributed by atoms with Gasteiger partial charge in [-0.05, 0) is 31.0 Å². The van der Waals surface area contributed by atoms with Crippen molar-refractivity contribution < 1.29 is 44.8 Å². The van der Waals surface area contributed by atoms with Gasteiger partial charge in [-0.2, -0.15) is 26.3 Å². The lowest BCUT2D eigenvalue weighted by atomic mass is 10.1. The molecule has 10 nitrogen and oxygen atoms in total. The number of amides is 1. The molecule has 0 unspecified atom stereocenters. The highest BCUT2D eigenvalue weighted by molar-refractivity contribution is 7.85. The maximum atomic E-state index is 13.0. The second-order valence-corrected chi connectivity index (χ2v) is 10.4. The Bertz CT molecular complexity index is 1220. The topological polar surface area (TPSA) is 125 Å². The van der Waals surface area contributed by atoms with Crippen LogP contribution in [-0.2, 0) is 31.9 Å².